The van der Waals surface area contributed by atoms with Crippen LogP contribution in [-0.4, -0.2) is 54.1 Å². The summed E-state index contributed by atoms with van der Waals surface area (Å²) >= 11 is 0.916. The van der Waals surface area contributed by atoms with Gasteiger partial charge in [-0.05, 0) is 68.5 Å². The van der Waals surface area contributed by atoms with E-state index in [9.17, 15) is 9.59 Å². The zero-order chi connectivity index (χ0) is 29.4. The molecule has 2 aromatic heterocycles. The minimum atomic E-state index is -0.251. The number of aromatic amines is 1. The molecule has 3 aromatic carbocycles. The molecular weight excluding hydrogens is 567 g/mol. The second-order valence-corrected chi connectivity index (χ2v) is 12.3. The van der Waals surface area contributed by atoms with Crippen LogP contribution in [0.4, 0.5) is 0 Å². The van der Waals surface area contributed by atoms with Crippen LogP contribution in [0.1, 0.15) is 61.8 Å². The third-order valence-electron chi connectivity index (χ3n) is 7.77. The number of benzene rings is 3. The van der Waals surface area contributed by atoms with E-state index in [1.165, 1.54) is 0 Å². The molecule has 43 heavy (non-hydrogen) atoms. The Kier molecular flexibility index (Phi) is 9.23. The molecule has 1 aliphatic heterocycles. The molecule has 0 spiro atoms. The number of fused-ring (bicyclic) bond motifs is 1. The standard InChI is InChI=1S/C34H34N4O3S.Na/c1-5-6-11-29-28(32(39)38(21(2)35-29)25-16-17-30-24(19-25)20-34(3,4)41-30)18-22-12-14-23(15-13-22)26-9-7-8-10-27(26)31-36-33(40)42-37-31;/h7-10,12-17,19H,5-6,11,18,20H2,1-4H3,(H,36,37,40);. The first-order chi connectivity index (χ1) is 20.2. The number of nitrogens with one attached hydrogen (secondary N) is 1. The van der Waals surface area contributed by atoms with Gasteiger partial charge in [0.1, 0.15) is 17.2 Å². The van der Waals surface area contributed by atoms with Crippen LogP contribution >= 0.6 is 11.5 Å². The minimum Gasteiger partial charge on any atom is -0.487 e. The predicted molar refractivity (Wildman–Crippen MR) is 174 cm³/mol. The second-order valence-electron chi connectivity index (χ2n) is 11.5. The molecular formula is C34H34N4NaO3S. The van der Waals surface area contributed by atoms with Crippen LogP contribution in [0.15, 0.2) is 76.3 Å². The van der Waals surface area contributed by atoms with Crippen molar-refractivity contribution in [1.82, 2.24) is 18.9 Å². The molecule has 1 N–H and O–H groups in total. The maximum Gasteiger partial charge on any atom is 0.323 e. The van der Waals surface area contributed by atoms with Crippen molar-refractivity contribution in [2.24, 2.45) is 0 Å². The molecule has 6 rings (SSSR count). The Balaban J connectivity index is 0.00000368. The number of hydrogen-bond donors (Lipinski definition) is 1. The smallest absolute Gasteiger partial charge is 0.323 e. The van der Waals surface area contributed by atoms with E-state index >= 15 is 0 Å². The fraction of sp³-hybridized carbons (Fsp3) is 0.294. The van der Waals surface area contributed by atoms with Crippen LogP contribution in [0.3, 0.4) is 0 Å². The summed E-state index contributed by atoms with van der Waals surface area (Å²) in [5, 5.41) is 0. The average molecular weight is 602 g/mol. The molecule has 7 nitrogen and oxygen atoms in total. The normalized spacial score (nSPS) is 13.3. The number of nitrogens with zero attached hydrogens (tertiary/aromatic N) is 3. The minimum absolute atomic E-state index is 0. The molecule has 0 fully saturated rings. The first-order valence-corrected chi connectivity index (χ1v) is 15.2. The van der Waals surface area contributed by atoms with Crippen LogP contribution < -0.4 is 15.2 Å². The molecule has 1 radical (unpaired) electrons. The van der Waals surface area contributed by atoms with Gasteiger partial charge in [0.15, 0.2) is 5.82 Å². The van der Waals surface area contributed by atoms with Gasteiger partial charge in [0, 0.05) is 70.6 Å². The average Bonchev–Trinajstić information content (AvgIpc) is 3.54. The fourth-order valence-corrected chi connectivity index (χ4v) is 6.24. The van der Waals surface area contributed by atoms with Crippen LogP contribution in [0.2, 0.25) is 0 Å². The summed E-state index contributed by atoms with van der Waals surface area (Å²) in [6.45, 7) is 8.22. The molecule has 0 saturated heterocycles. The molecule has 0 bridgehead atoms. The van der Waals surface area contributed by atoms with Gasteiger partial charge in [0.25, 0.3) is 5.56 Å². The largest absolute Gasteiger partial charge is 0.487 e. The van der Waals surface area contributed by atoms with Crippen molar-refractivity contribution < 1.29 is 4.74 Å². The molecule has 3 heterocycles. The van der Waals surface area contributed by atoms with E-state index in [2.05, 4.69) is 60.5 Å². The summed E-state index contributed by atoms with van der Waals surface area (Å²) < 4.78 is 12.1. The Labute approximate surface area is 277 Å². The van der Waals surface area contributed by atoms with Gasteiger partial charge in [-0.15, -0.1) is 0 Å². The van der Waals surface area contributed by atoms with Crippen LogP contribution in [0.25, 0.3) is 28.2 Å². The van der Waals surface area contributed by atoms with E-state index in [-0.39, 0.29) is 45.6 Å². The molecule has 0 amide bonds. The second kappa shape index (κ2) is 12.7. The van der Waals surface area contributed by atoms with E-state index in [0.717, 1.165) is 87.7 Å². The first-order valence-electron chi connectivity index (χ1n) is 14.4. The zero-order valence-corrected chi connectivity index (χ0v) is 28.2. The number of hydrogen-bond acceptors (Lipinski definition) is 6. The van der Waals surface area contributed by atoms with Crippen molar-refractivity contribution in [1.29, 1.82) is 0 Å². The Bertz CT molecular complexity index is 1890. The van der Waals surface area contributed by atoms with Crippen molar-refractivity contribution in [3.05, 3.63) is 115 Å². The third-order valence-corrected chi connectivity index (χ3v) is 8.31. The first kappa shape index (κ1) is 31.1. The molecule has 0 atom stereocenters. The van der Waals surface area contributed by atoms with Gasteiger partial charge in [-0.1, -0.05) is 61.9 Å². The number of unbranched alkanes of at least 4 members (excludes halogenated alkanes) is 1. The topological polar surface area (TPSA) is 89.9 Å². The van der Waals surface area contributed by atoms with Gasteiger partial charge in [0.05, 0.1) is 11.4 Å². The third kappa shape index (κ3) is 6.48. The molecule has 215 valence electrons. The molecule has 0 unspecified atom stereocenters. The van der Waals surface area contributed by atoms with Gasteiger partial charge < -0.3 is 4.74 Å². The Morgan fingerprint density at radius 3 is 2.47 bits per heavy atom. The molecule has 0 aliphatic carbocycles. The summed E-state index contributed by atoms with van der Waals surface area (Å²) in [5.74, 6) is 2.14. The van der Waals surface area contributed by atoms with Gasteiger partial charge in [0.2, 0.25) is 0 Å². The SMILES string of the molecule is CCCCc1nc(C)n(-c2ccc3c(c2)CC(C)(C)O3)c(=O)c1Cc1ccc(-c2ccccc2-c2nsc(=O)[nH]2)cc1.[Na]. The summed E-state index contributed by atoms with van der Waals surface area (Å²) in [5.41, 5.74) is 7.18. The number of aromatic nitrogens is 4. The Morgan fingerprint density at radius 2 is 1.77 bits per heavy atom. The van der Waals surface area contributed by atoms with Crippen molar-refractivity contribution in [3.63, 3.8) is 0 Å². The Hall–Kier alpha value is -3.30. The van der Waals surface area contributed by atoms with Crippen molar-refractivity contribution >= 4 is 41.1 Å². The number of H-pyrrole nitrogens is 1. The monoisotopic (exact) mass is 601 g/mol. The molecule has 9 heteroatoms. The van der Waals surface area contributed by atoms with Gasteiger partial charge in [-0.2, -0.15) is 4.37 Å². The molecule has 1 aliphatic rings. The van der Waals surface area contributed by atoms with E-state index in [0.29, 0.717) is 18.1 Å². The maximum atomic E-state index is 14.2. The number of aryl methyl sites for hydroxylation is 2. The summed E-state index contributed by atoms with van der Waals surface area (Å²) in [7, 11) is 0. The number of ether oxygens (including phenoxy) is 1. The van der Waals surface area contributed by atoms with Crippen LogP contribution in [-0.2, 0) is 19.3 Å². The van der Waals surface area contributed by atoms with Crippen molar-refractivity contribution in [3.8, 4) is 34.0 Å². The molecule has 5 aromatic rings. The Morgan fingerprint density at radius 1 is 1.02 bits per heavy atom. The van der Waals surface area contributed by atoms with Crippen LogP contribution in [0, 0.1) is 6.92 Å². The predicted octanol–water partition coefficient (Wildman–Crippen LogP) is 6.29. The van der Waals surface area contributed by atoms with E-state index in [1.54, 1.807) is 4.57 Å². The van der Waals surface area contributed by atoms with Crippen molar-refractivity contribution in [2.45, 2.75) is 65.4 Å². The van der Waals surface area contributed by atoms with E-state index in [4.69, 9.17) is 9.72 Å². The summed E-state index contributed by atoms with van der Waals surface area (Å²) in [6, 6.07) is 22.1. The quantitative estimate of drug-likeness (QED) is 0.211. The van der Waals surface area contributed by atoms with Gasteiger partial charge in [-0.25, -0.2) is 4.98 Å². The summed E-state index contributed by atoms with van der Waals surface area (Å²) in [6.07, 6.45) is 4.07. The van der Waals surface area contributed by atoms with E-state index in [1.807, 2.05) is 43.3 Å². The van der Waals surface area contributed by atoms with Crippen molar-refractivity contribution in [2.75, 3.05) is 0 Å². The maximum absolute atomic E-state index is 14.2. The molecule has 0 saturated carbocycles. The number of rotatable bonds is 8. The fourth-order valence-electron chi connectivity index (χ4n) is 5.78. The van der Waals surface area contributed by atoms with Gasteiger partial charge in [-0.3, -0.25) is 19.1 Å². The van der Waals surface area contributed by atoms with E-state index < -0.39 is 0 Å². The van der Waals surface area contributed by atoms with Crippen LogP contribution in [0.5, 0.6) is 5.75 Å². The van der Waals surface area contributed by atoms with Gasteiger partial charge >= 0.3 is 4.87 Å². The zero-order valence-electron chi connectivity index (χ0n) is 25.4. The summed E-state index contributed by atoms with van der Waals surface area (Å²) in [4.78, 5) is 33.5.